The summed E-state index contributed by atoms with van der Waals surface area (Å²) in [6.07, 6.45) is 4.71. The molecule has 2 amide bonds. The number of hydrogen-bond donors (Lipinski definition) is 0. The highest BCUT2D eigenvalue weighted by molar-refractivity contribution is 5.97. The summed E-state index contributed by atoms with van der Waals surface area (Å²) in [4.78, 5) is 34.7. The summed E-state index contributed by atoms with van der Waals surface area (Å²) in [5, 5.41) is 0. The fourth-order valence-corrected chi connectivity index (χ4v) is 5.72. The van der Waals surface area contributed by atoms with Crippen LogP contribution in [0.15, 0.2) is 48.5 Å². The maximum atomic E-state index is 13.4. The van der Waals surface area contributed by atoms with Gasteiger partial charge in [-0.2, -0.15) is 0 Å². The van der Waals surface area contributed by atoms with Gasteiger partial charge < -0.3 is 9.80 Å². The summed E-state index contributed by atoms with van der Waals surface area (Å²) in [5.41, 5.74) is 3.62. The van der Waals surface area contributed by atoms with Crippen molar-refractivity contribution in [3.8, 4) is 5.69 Å². The highest BCUT2D eigenvalue weighted by Gasteiger charge is 2.45. The van der Waals surface area contributed by atoms with Crippen molar-refractivity contribution < 1.29 is 9.59 Å². The Hall–Kier alpha value is -3.15. The van der Waals surface area contributed by atoms with Gasteiger partial charge in [0.2, 0.25) is 5.91 Å². The molecular formula is C26H28N4O2. The van der Waals surface area contributed by atoms with Crippen molar-refractivity contribution in [3.63, 3.8) is 0 Å². The average Bonchev–Trinajstić information content (AvgIpc) is 3.59. The number of benzene rings is 2. The molecule has 2 saturated heterocycles. The number of fused-ring (bicyclic) bond motifs is 2. The minimum atomic E-state index is 0.0761. The van der Waals surface area contributed by atoms with E-state index in [1.807, 2.05) is 48.2 Å². The normalized spacial score (nSPS) is 23.5. The number of aromatic nitrogens is 2. The molecule has 3 fully saturated rings. The second kappa shape index (κ2) is 7.47. The largest absolute Gasteiger partial charge is 0.338 e. The van der Waals surface area contributed by atoms with E-state index in [2.05, 4.69) is 21.6 Å². The Morgan fingerprint density at radius 3 is 2.62 bits per heavy atom. The van der Waals surface area contributed by atoms with Gasteiger partial charge in [-0.05, 0) is 68.9 Å². The lowest BCUT2D eigenvalue weighted by molar-refractivity contribution is -0.141. The molecule has 0 radical (unpaired) electrons. The minimum absolute atomic E-state index is 0.0761. The maximum Gasteiger partial charge on any atom is 0.253 e. The number of nitrogens with zero attached hydrogens (tertiary/aromatic N) is 4. The quantitative estimate of drug-likeness (QED) is 0.635. The van der Waals surface area contributed by atoms with Gasteiger partial charge >= 0.3 is 0 Å². The van der Waals surface area contributed by atoms with Gasteiger partial charge in [-0.1, -0.05) is 18.2 Å². The van der Waals surface area contributed by atoms with Crippen molar-refractivity contribution in [1.29, 1.82) is 0 Å². The SMILES string of the molecule is Cc1nc2cc(C(=O)N3CCC4C(CCC(=O)N4C4CC4)C3)ccc2n1-c1ccccc1. The summed E-state index contributed by atoms with van der Waals surface area (Å²) in [7, 11) is 0. The van der Waals surface area contributed by atoms with Crippen LogP contribution in [0.4, 0.5) is 0 Å². The fourth-order valence-electron chi connectivity index (χ4n) is 5.72. The van der Waals surface area contributed by atoms with Gasteiger partial charge in [0, 0.05) is 42.8 Å². The Morgan fingerprint density at radius 1 is 1.03 bits per heavy atom. The van der Waals surface area contributed by atoms with Crippen LogP contribution < -0.4 is 0 Å². The summed E-state index contributed by atoms with van der Waals surface area (Å²) in [6, 6.07) is 16.8. The van der Waals surface area contributed by atoms with Crippen molar-refractivity contribution in [2.24, 2.45) is 5.92 Å². The van der Waals surface area contributed by atoms with Crippen LogP contribution in [-0.2, 0) is 4.79 Å². The molecule has 6 rings (SSSR count). The molecule has 1 saturated carbocycles. The second-order valence-electron chi connectivity index (χ2n) is 9.47. The number of imidazole rings is 1. The van der Waals surface area contributed by atoms with E-state index in [-0.39, 0.29) is 5.91 Å². The number of carbonyl (C=O) groups excluding carboxylic acids is 2. The fraction of sp³-hybridized carbons (Fsp3) is 0.423. The molecule has 1 aromatic heterocycles. The molecular weight excluding hydrogens is 400 g/mol. The van der Waals surface area contributed by atoms with Gasteiger partial charge in [-0.25, -0.2) is 4.98 Å². The molecule has 32 heavy (non-hydrogen) atoms. The minimum Gasteiger partial charge on any atom is -0.338 e. The average molecular weight is 429 g/mol. The van der Waals surface area contributed by atoms with Crippen LogP contribution in [0.2, 0.25) is 0 Å². The third-order valence-corrected chi connectivity index (χ3v) is 7.38. The van der Waals surface area contributed by atoms with Gasteiger partial charge in [-0.15, -0.1) is 0 Å². The van der Waals surface area contributed by atoms with Crippen LogP contribution in [0.3, 0.4) is 0 Å². The Labute approximate surface area is 187 Å². The molecule has 164 valence electrons. The lowest BCUT2D eigenvalue weighted by Gasteiger charge is -2.47. The first-order valence-electron chi connectivity index (χ1n) is 11.7. The Bertz CT molecular complexity index is 1200. The molecule has 6 heteroatoms. The third-order valence-electron chi connectivity index (χ3n) is 7.38. The second-order valence-corrected chi connectivity index (χ2v) is 9.47. The Morgan fingerprint density at radius 2 is 1.84 bits per heavy atom. The lowest BCUT2D eigenvalue weighted by Crippen LogP contribution is -2.57. The van der Waals surface area contributed by atoms with Crippen LogP contribution >= 0.6 is 0 Å². The summed E-state index contributed by atoms with van der Waals surface area (Å²) < 4.78 is 2.13. The number of aryl methyl sites for hydroxylation is 1. The maximum absolute atomic E-state index is 13.4. The van der Waals surface area contributed by atoms with E-state index < -0.39 is 0 Å². The Kier molecular flexibility index (Phi) is 4.56. The summed E-state index contributed by atoms with van der Waals surface area (Å²) in [5.74, 6) is 1.70. The standard InChI is InChI=1S/C26H28N4O2/c1-17-27-22-15-18(7-11-24(22)29(17)20-5-3-2-4-6-20)26(32)28-14-13-23-19(16-28)8-12-25(31)30(23)21-9-10-21/h2-7,11,15,19,21,23H,8-10,12-14,16H2,1H3. The van der Waals surface area contributed by atoms with Crippen molar-refractivity contribution in [1.82, 2.24) is 19.4 Å². The van der Waals surface area contributed by atoms with Crippen LogP contribution in [0.25, 0.3) is 16.7 Å². The van der Waals surface area contributed by atoms with Crippen LogP contribution in [0, 0.1) is 12.8 Å². The van der Waals surface area contributed by atoms with Crippen molar-refractivity contribution in [2.45, 2.75) is 51.1 Å². The van der Waals surface area contributed by atoms with Gasteiger partial charge in [0.25, 0.3) is 5.91 Å². The monoisotopic (exact) mass is 428 g/mol. The molecule has 2 unspecified atom stereocenters. The number of amides is 2. The zero-order valence-electron chi connectivity index (χ0n) is 18.4. The number of carbonyl (C=O) groups is 2. The number of para-hydroxylation sites is 1. The van der Waals surface area contributed by atoms with Gasteiger partial charge in [0.1, 0.15) is 5.82 Å². The first-order chi connectivity index (χ1) is 15.6. The van der Waals surface area contributed by atoms with E-state index in [1.54, 1.807) is 0 Å². The molecule has 0 N–H and O–H groups in total. The summed E-state index contributed by atoms with van der Waals surface area (Å²) in [6.45, 7) is 3.46. The zero-order chi connectivity index (χ0) is 21.8. The first-order valence-corrected chi connectivity index (χ1v) is 11.7. The van der Waals surface area contributed by atoms with Crippen LogP contribution in [-0.4, -0.2) is 56.3 Å². The number of rotatable bonds is 3. The van der Waals surface area contributed by atoms with E-state index in [4.69, 9.17) is 4.98 Å². The van der Waals surface area contributed by atoms with Crippen LogP contribution in [0.1, 0.15) is 48.3 Å². The first kappa shape index (κ1) is 19.5. The zero-order valence-corrected chi connectivity index (χ0v) is 18.4. The number of hydrogen-bond acceptors (Lipinski definition) is 3. The molecule has 3 aliphatic rings. The molecule has 1 aliphatic carbocycles. The van der Waals surface area contributed by atoms with E-state index in [0.717, 1.165) is 54.8 Å². The molecule has 2 aliphatic heterocycles. The number of piperidine rings is 2. The van der Waals surface area contributed by atoms with E-state index >= 15 is 0 Å². The highest BCUT2D eigenvalue weighted by atomic mass is 16.2. The van der Waals surface area contributed by atoms with Gasteiger partial charge in [0.05, 0.1) is 11.0 Å². The molecule has 2 atom stereocenters. The lowest BCUT2D eigenvalue weighted by atomic mass is 9.83. The van der Waals surface area contributed by atoms with Crippen molar-refractivity contribution in [3.05, 3.63) is 59.9 Å². The van der Waals surface area contributed by atoms with Gasteiger partial charge in [-0.3, -0.25) is 14.2 Å². The molecule has 0 spiro atoms. The third kappa shape index (κ3) is 3.20. The van der Waals surface area contributed by atoms with Crippen molar-refractivity contribution in [2.75, 3.05) is 13.1 Å². The topological polar surface area (TPSA) is 58.4 Å². The van der Waals surface area contributed by atoms with Crippen molar-refractivity contribution >= 4 is 22.8 Å². The molecule has 6 nitrogen and oxygen atoms in total. The van der Waals surface area contributed by atoms with E-state index in [9.17, 15) is 9.59 Å². The van der Waals surface area contributed by atoms with E-state index in [1.165, 1.54) is 0 Å². The highest BCUT2D eigenvalue weighted by Crippen LogP contribution is 2.39. The predicted molar refractivity (Wildman–Crippen MR) is 123 cm³/mol. The molecule has 3 heterocycles. The predicted octanol–water partition coefficient (Wildman–Crippen LogP) is 3.95. The molecule has 3 aromatic rings. The molecule has 2 aromatic carbocycles. The van der Waals surface area contributed by atoms with E-state index in [0.29, 0.717) is 42.4 Å². The molecule has 0 bridgehead atoms. The Balaban J connectivity index is 1.24. The smallest absolute Gasteiger partial charge is 0.253 e. The van der Waals surface area contributed by atoms with Gasteiger partial charge in [0.15, 0.2) is 0 Å². The summed E-state index contributed by atoms with van der Waals surface area (Å²) >= 11 is 0. The number of likely N-dealkylation sites (tertiary alicyclic amines) is 2. The van der Waals surface area contributed by atoms with Crippen LogP contribution in [0.5, 0.6) is 0 Å².